The summed E-state index contributed by atoms with van der Waals surface area (Å²) in [6, 6.07) is 5.96. The fourth-order valence-electron chi connectivity index (χ4n) is 2.38. The predicted molar refractivity (Wildman–Crippen MR) is 78.2 cm³/mol. The van der Waals surface area contributed by atoms with E-state index >= 15 is 0 Å². The summed E-state index contributed by atoms with van der Waals surface area (Å²) in [5.41, 5.74) is 1.15. The molecule has 1 heterocycles. The van der Waals surface area contributed by atoms with Crippen LogP contribution in [0.4, 0.5) is 0 Å². The molecule has 20 heavy (non-hydrogen) atoms. The fraction of sp³-hybridized carbons (Fsp3) is 0.562. The van der Waals surface area contributed by atoms with Crippen molar-refractivity contribution in [1.82, 2.24) is 5.32 Å². The Morgan fingerprint density at radius 3 is 2.60 bits per heavy atom. The molecule has 0 fully saturated rings. The number of hydrogen-bond acceptors (Lipinski definition) is 3. The van der Waals surface area contributed by atoms with Gasteiger partial charge in [-0.25, -0.2) is 0 Å². The molecule has 0 spiro atoms. The molecule has 4 heteroatoms. The van der Waals surface area contributed by atoms with Gasteiger partial charge in [0.2, 0.25) is 5.91 Å². The van der Waals surface area contributed by atoms with Crippen molar-refractivity contribution in [2.75, 3.05) is 19.8 Å². The van der Waals surface area contributed by atoms with Crippen LogP contribution in [0.2, 0.25) is 0 Å². The summed E-state index contributed by atoms with van der Waals surface area (Å²) in [6.07, 6.45) is 2.60. The first kappa shape index (κ1) is 14.7. The molecular formula is C16H23NO3. The van der Waals surface area contributed by atoms with E-state index < -0.39 is 0 Å². The lowest BCUT2D eigenvalue weighted by molar-refractivity contribution is -0.125. The van der Waals surface area contributed by atoms with Crippen LogP contribution in [0.25, 0.3) is 0 Å². The Morgan fingerprint density at radius 1 is 1.20 bits per heavy atom. The van der Waals surface area contributed by atoms with Crippen LogP contribution in [0.3, 0.4) is 0 Å². The van der Waals surface area contributed by atoms with Crippen LogP contribution in [-0.2, 0) is 11.2 Å². The maximum absolute atomic E-state index is 11.9. The Morgan fingerprint density at radius 2 is 1.90 bits per heavy atom. The van der Waals surface area contributed by atoms with Gasteiger partial charge in [-0.15, -0.1) is 0 Å². The SMILES string of the molecule is CCC(CC)C(=O)NCCc1ccc2c(c1)OCCO2. The van der Waals surface area contributed by atoms with Gasteiger partial charge in [-0.05, 0) is 37.0 Å². The minimum Gasteiger partial charge on any atom is -0.486 e. The zero-order valence-electron chi connectivity index (χ0n) is 12.3. The number of carbonyl (C=O) groups is 1. The molecule has 0 saturated carbocycles. The molecule has 1 aliphatic heterocycles. The van der Waals surface area contributed by atoms with Crippen LogP contribution in [0.5, 0.6) is 11.5 Å². The van der Waals surface area contributed by atoms with E-state index in [-0.39, 0.29) is 11.8 Å². The van der Waals surface area contributed by atoms with E-state index in [4.69, 9.17) is 9.47 Å². The van der Waals surface area contributed by atoms with Crippen molar-refractivity contribution in [2.45, 2.75) is 33.1 Å². The molecule has 0 aliphatic carbocycles. The highest BCUT2D eigenvalue weighted by Gasteiger charge is 2.14. The smallest absolute Gasteiger partial charge is 0.223 e. The molecular weight excluding hydrogens is 254 g/mol. The summed E-state index contributed by atoms with van der Waals surface area (Å²) < 4.78 is 11.0. The first-order chi connectivity index (χ1) is 9.74. The second kappa shape index (κ2) is 7.17. The molecule has 110 valence electrons. The Hall–Kier alpha value is -1.71. The highest BCUT2D eigenvalue weighted by Crippen LogP contribution is 2.30. The molecule has 0 bridgehead atoms. The summed E-state index contributed by atoms with van der Waals surface area (Å²) in [6.45, 7) is 5.97. The average Bonchev–Trinajstić information content (AvgIpc) is 2.48. The quantitative estimate of drug-likeness (QED) is 0.869. The Bertz CT molecular complexity index is 455. The van der Waals surface area contributed by atoms with E-state index in [2.05, 4.69) is 19.2 Å². The van der Waals surface area contributed by atoms with E-state index in [1.807, 2.05) is 18.2 Å². The molecule has 0 atom stereocenters. The van der Waals surface area contributed by atoms with Crippen molar-refractivity contribution in [3.63, 3.8) is 0 Å². The number of fused-ring (bicyclic) bond motifs is 1. The number of ether oxygens (including phenoxy) is 2. The third-order valence-corrected chi connectivity index (χ3v) is 3.68. The number of nitrogens with one attached hydrogen (secondary N) is 1. The molecule has 1 amide bonds. The number of benzene rings is 1. The molecule has 1 N–H and O–H groups in total. The van der Waals surface area contributed by atoms with Crippen molar-refractivity contribution in [1.29, 1.82) is 0 Å². The van der Waals surface area contributed by atoms with Crippen molar-refractivity contribution >= 4 is 5.91 Å². The Balaban J connectivity index is 1.84. The summed E-state index contributed by atoms with van der Waals surface area (Å²) in [7, 11) is 0. The number of rotatable bonds is 6. The van der Waals surface area contributed by atoms with Crippen LogP contribution in [0.15, 0.2) is 18.2 Å². The van der Waals surface area contributed by atoms with Gasteiger partial charge in [0.25, 0.3) is 0 Å². The minimum absolute atomic E-state index is 0.135. The van der Waals surface area contributed by atoms with Crippen molar-refractivity contribution in [3.05, 3.63) is 23.8 Å². The largest absolute Gasteiger partial charge is 0.486 e. The van der Waals surface area contributed by atoms with Gasteiger partial charge in [0.15, 0.2) is 11.5 Å². The molecule has 2 rings (SSSR count). The van der Waals surface area contributed by atoms with Gasteiger partial charge < -0.3 is 14.8 Å². The monoisotopic (exact) mass is 277 g/mol. The lowest BCUT2D eigenvalue weighted by atomic mass is 10.0. The molecule has 1 aromatic rings. The third kappa shape index (κ3) is 3.65. The number of carbonyl (C=O) groups excluding carboxylic acids is 1. The minimum atomic E-state index is 0.135. The topological polar surface area (TPSA) is 47.6 Å². The summed E-state index contributed by atoms with van der Waals surface area (Å²) in [5.74, 6) is 1.91. The summed E-state index contributed by atoms with van der Waals surface area (Å²) >= 11 is 0. The second-order valence-electron chi connectivity index (χ2n) is 5.03. The molecule has 0 radical (unpaired) electrons. The lowest BCUT2D eigenvalue weighted by Gasteiger charge is -2.19. The zero-order valence-corrected chi connectivity index (χ0v) is 12.3. The standard InChI is InChI=1S/C16H23NO3/c1-3-13(4-2)16(18)17-8-7-12-5-6-14-15(11-12)20-10-9-19-14/h5-6,11,13H,3-4,7-10H2,1-2H3,(H,17,18). The molecule has 4 nitrogen and oxygen atoms in total. The number of hydrogen-bond donors (Lipinski definition) is 1. The molecule has 1 aromatic carbocycles. The van der Waals surface area contributed by atoms with Crippen LogP contribution < -0.4 is 14.8 Å². The van der Waals surface area contributed by atoms with Gasteiger partial charge in [-0.1, -0.05) is 19.9 Å². The van der Waals surface area contributed by atoms with E-state index in [0.717, 1.165) is 36.3 Å². The number of amides is 1. The Kier molecular flexibility index (Phi) is 5.27. The predicted octanol–water partition coefficient (Wildman–Crippen LogP) is 2.55. The van der Waals surface area contributed by atoms with Crippen LogP contribution in [-0.4, -0.2) is 25.7 Å². The summed E-state index contributed by atoms with van der Waals surface area (Å²) in [5, 5.41) is 3.00. The van der Waals surface area contributed by atoms with Crippen molar-refractivity contribution in [2.24, 2.45) is 5.92 Å². The fourth-order valence-corrected chi connectivity index (χ4v) is 2.38. The van der Waals surface area contributed by atoms with E-state index in [1.165, 1.54) is 0 Å². The second-order valence-corrected chi connectivity index (χ2v) is 5.03. The lowest BCUT2D eigenvalue weighted by Crippen LogP contribution is -2.31. The molecule has 0 unspecified atom stereocenters. The van der Waals surface area contributed by atoms with Gasteiger partial charge in [0.05, 0.1) is 0 Å². The molecule has 1 aliphatic rings. The van der Waals surface area contributed by atoms with E-state index in [1.54, 1.807) is 0 Å². The van der Waals surface area contributed by atoms with Gasteiger partial charge in [0, 0.05) is 12.5 Å². The van der Waals surface area contributed by atoms with Gasteiger partial charge in [-0.2, -0.15) is 0 Å². The highest BCUT2D eigenvalue weighted by molar-refractivity contribution is 5.78. The van der Waals surface area contributed by atoms with Crippen LogP contribution >= 0.6 is 0 Å². The zero-order chi connectivity index (χ0) is 14.4. The highest BCUT2D eigenvalue weighted by atomic mass is 16.6. The average molecular weight is 277 g/mol. The maximum atomic E-state index is 11.9. The molecule has 0 aromatic heterocycles. The van der Waals surface area contributed by atoms with Crippen LogP contribution in [0.1, 0.15) is 32.3 Å². The van der Waals surface area contributed by atoms with Crippen molar-refractivity contribution < 1.29 is 14.3 Å². The van der Waals surface area contributed by atoms with Crippen LogP contribution in [0, 0.1) is 5.92 Å². The summed E-state index contributed by atoms with van der Waals surface area (Å²) in [4.78, 5) is 11.9. The maximum Gasteiger partial charge on any atom is 0.223 e. The van der Waals surface area contributed by atoms with Gasteiger partial charge >= 0.3 is 0 Å². The van der Waals surface area contributed by atoms with E-state index in [9.17, 15) is 4.79 Å². The van der Waals surface area contributed by atoms with Gasteiger partial charge in [0.1, 0.15) is 13.2 Å². The first-order valence-corrected chi connectivity index (χ1v) is 7.40. The third-order valence-electron chi connectivity index (χ3n) is 3.68. The Labute approximate surface area is 120 Å². The van der Waals surface area contributed by atoms with Gasteiger partial charge in [-0.3, -0.25) is 4.79 Å². The first-order valence-electron chi connectivity index (χ1n) is 7.40. The van der Waals surface area contributed by atoms with Crippen molar-refractivity contribution in [3.8, 4) is 11.5 Å². The normalized spacial score (nSPS) is 13.3. The van der Waals surface area contributed by atoms with E-state index in [0.29, 0.717) is 19.8 Å². The molecule has 0 saturated heterocycles.